The van der Waals surface area contributed by atoms with Gasteiger partial charge < -0.3 is 9.15 Å². The molecular formula is C12H11ClO3. The van der Waals surface area contributed by atoms with Crippen LogP contribution >= 0.6 is 11.6 Å². The van der Waals surface area contributed by atoms with Crippen molar-refractivity contribution in [2.24, 2.45) is 0 Å². The third-order valence-corrected chi connectivity index (χ3v) is 2.59. The van der Waals surface area contributed by atoms with Crippen LogP contribution in [0.1, 0.15) is 23.0 Å². The summed E-state index contributed by atoms with van der Waals surface area (Å²) in [5.41, 5.74) is 1.40. The summed E-state index contributed by atoms with van der Waals surface area (Å²) >= 11 is 5.88. The Morgan fingerprint density at radius 2 is 2.25 bits per heavy atom. The van der Waals surface area contributed by atoms with Gasteiger partial charge in [-0.2, -0.15) is 0 Å². The topological polar surface area (TPSA) is 39.4 Å². The average Bonchev–Trinajstić information content (AvgIpc) is 2.57. The molecule has 0 radical (unpaired) electrons. The molecule has 0 aliphatic heterocycles. The molecule has 0 unspecified atom stereocenters. The number of rotatable bonds is 2. The van der Waals surface area contributed by atoms with E-state index in [2.05, 4.69) is 0 Å². The van der Waals surface area contributed by atoms with Crippen molar-refractivity contribution >= 4 is 28.5 Å². The third kappa shape index (κ3) is 1.78. The van der Waals surface area contributed by atoms with Crippen LogP contribution in [0.5, 0.6) is 0 Å². The first-order valence-electron chi connectivity index (χ1n) is 4.99. The van der Waals surface area contributed by atoms with E-state index in [1.807, 2.05) is 6.92 Å². The molecule has 0 spiro atoms. The lowest BCUT2D eigenvalue weighted by atomic mass is 10.1. The van der Waals surface area contributed by atoms with Crippen LogP contribution in [0.15, 0.2) is 22.6 Å². The van der Waals surface area contributed by atoms with E-state index >= 15 is 0 Å². The molecule has 0 bridgehead atoms. The summed E-state index contributed by atoms with van der Waals surface area (Å²) in [6.45, 7) is 3.90. The Morgan fingerprint density at radius 1 is 1.50 bits per heavy atom. The van der Waals surface area contributed by atoms with Gasteiger partial charge in [0.15, 0.2) is 0 Å². The van der Waals surface area contributed by atoms with Gasteiger partial charge in [0.05, 0.1) is 6.61 Å². The quantitative estimate of drug-likeness (QED) is 0.751. The third-order valence-electron chi connectivity index (χ3n) is 2.36. The fourth-order valence-corrected chi connectivity index (χ4v) is 1.76. The monoisotopic (exact) mass is 238 g/mol. The zero-order valence-corrected chi connectivity index (χ0v) is 9.80. The van der Waals surface area contributed by atoms with Crippen molar-refractivity contribution in [3.05, 3.63) is 34.5 Å². The smallest absolute Gasteiger partial charge is 0.374 e. The summed E-state index contributed by atoms with van der Waals surface area (Å²) in [6, 6.07) is 5.24. The number of carbonyl (C=O) groups is 1. The van der Waals surface area contributed by atoms with E-state index < -0.39 is 5.97 Å². The lowest BCUT2D eigenvalue weighted by Gasteiger charge is -1.97. The van der Waals surface area contributed by atoms with Crippen molar-refractivity contribution in [2.75, 3.05) is 6.61 Å². The molecule has 0 aliphatic rings. The van der Waals surface area contributed by atoms with Crippen molar-refractivity contribution < 1.29 is 13.9 Å². The number of aryl methyl sites for hydroxylation is 1. The van der Waals surface area contributed by atoms with Gasteiger partial charge in [-0.1, -0.05) is 11.6 Å². The largest absolute Gasteiger partial charge is 0.460 e. The Labute approximate surface area is 97.9 Å². The average molecular weight is 239 g/mol. The van der Waals surface area contributed by atoms with Gasteiger partial charge in [-0.25, -0.2) is 4.79 Å². The van der Waals surface area contributed by atoms with Crippen molar-refractivity contribution in [1.29, 1.82) is 0 Å². The number of carbonyl (C=O) groups excluding carboxylic acids is 1. The highest BCUT2D eigenvalue weighted by Crippen LogP contribution is 2.28. The molecule has 84 valence electrons. The zero-order chi connectivity index (χ0) is 11.7. The second kappa shape index (κ2) is 4.18. The molecule has 1 heterocycles. The van der Waals surface area contributed by atoms with E-state index in [0.29, 0.717) is 17.2 Å². The Morgan fingerprint density at radius 3 is 2.94 bits per heavy atom. The molecule has 1 aromatic carbocycles. The van der Waals surface area contributed by atoms with Crippen LogP contribution in [0.25, 0.3) is 11.0 Å². The highest BCUT2D eigenvalue weighted by atomic mass is 35.5. The zero-order valence-electron chi connectivity index (χ0n) is 9.04. The number of fused-ring (bicyclic) bond motifs is 1. The number of hydrogen-bond acceptors (Lipinski definition) is 3. The number of esters is 1. The van der Waals surface area contributed by atoms with E-state index in [1.54, 1.807) is 25.1 Å². The minimum Gasteiger partial charge on any atom is -0.460 e. The standard InChI is InChI=1S/C12H11ClO3/c1-3-15-12(14)11-7(2)9-6-8(13)4-5-10(9)16-11/h4-6H,3H2,1-2H3. The normalized spacial score (nSPS) is 10.7. The SMILES string of the molecule is CCOC(=O)c1oc2ccc(Cl)cc2c1C. The van der Waals surface area contributed by atoms with Gasteiger partial charge in [0.2, 0.25) is 5.76 Å². The number of furan rings is 1. The molecule has 4 heteroatoms. The van der Waals surface area contributed by atoms with E-state index in [0.717, 1.165) is 10.9 Å². The summed E-state index contributed by atoms with van der Waals surface area (Å²) < 4.78 is 10.3. The molecule has 1 aromatic heterocycles. The number of benzene rings is 1. The molecule has 0 atom stereocenters. The second-order valence-electron chi connectivity index (χ2n) is 3.42. The van der Waals surface area contributed by atoms with Crippen molar-refractivity contribution in [3.8, 4) is 0 Å². The number of hydrogen-bond donors (Lipinski definition) is 0. The van der Waals surface area contributed by atoms with Crippen LogP contribution in [0.2, 0.25) is 5.02 Å². The minimum atomic E-state index is -0.438. The van der Waals surface area contributed by atoms with Gasteiger partial charge in [0, 0.05) is 16.0 Å². The lowest BCUT2D eigenvalue weighted by molar-refractivity contribution is 0.0491. The van der Waals surface area contributed by atoms with Crippen LogP contribution in [0, 0.1) is 6.92 Å². The first-order chi connectivity index (χ1) is 7.63. The van der Waals surface area contributed by atoms with Gasteiger partial charge in [-0.05, 0) is 32.0 Å². The van der Waals surface area contributed by atoms with Crippen LogP contribution in [0.4, 0.5) is 0 Å². The van der Waals surface area contributed by atoms with Gasteiger partial charge >= 0.3 is 5.97 Å². The highest BCUT2D eigenvalue weighted by molar-refractivity contribution is 6.31. The predicted molar refractivity (Wildman–Crippen MR) is 61.9 cm³/mol. The summed E-state index contributed by atoms with van der Waals surface area (Å²) in [5.74, 6) is -0.188. The lowest BCUT2D eigenvalue weighted by Crippen LogP contribution is -2.04. The molecule has 0 fully saturated rings. The van der Waals surface area contributed by atoms with Gasteiger partial charge in [-0.3, -0.25) is 0 Å². The molecule has 0 N–H and O–H groups in total. The molecule has 0 saturated carbocycles. The molecular weight excluding hydrogens is 228 g/mol. The summed E-state index contributed by atoms with van der Waals surface area (Å²) in [5, 5.41) is 1.46. The fourth-order valence-electron chi connectivity index (χ4n) is 1.58. The van der Waals surface area contributed by atoms with Crippen LogP contribution in [0.3, 0.4) is 0 Å². The van der Waals surface area contributed by atoms with E-state index in [4.69, 9.17) is 20.8 Å². The van der Waals surface area contributed by atoms with E-state index in [9.17, 15) is 4.79 Å². The van der Waals surface area contributed by atoms with Gasteiger partial charge in [0.25, 0.3) is 0 Å². The highest BCUT2D eigenvalue weighted by Gasteiger charge is 2.18. The van der Waals surface area contributed by atoms with E-state index in [-0.39, 0.29) is 5.76 Å². The minimum absolute atomic E-state index is 0.249. The predicted octanol–water partition coefficient (Wildman–Crippen LogP) is 3.57. The molecule has 0 amide bonds. The first-order valence-corrected chi connectivity index (χ1v) is 5.37. The maximum absolute atomic E-state index is 11.6. The Bertz CT molecular complexity index is 542. The van der Waals surface area contributed by atoms with Crippen LogP contribution in [-0.4, -0.2) is 12.6 Å². The van der Waals surface area contributed by atoms with Crippen molar-refractivity contribution in [3.63, 3.8) is 0 Å². The summed E-state index contributed by atoms with van der Waals surface area (Å²) in [7, 11) is 0. The van der Waals surface area contributed by atoms with Crippen molar-refractivity contribution in [2.45, 2.75) is 13.8 Å². The summed E-state index contributed by atoms with van der Waals surface area (Å²) in [4.78, 5) is 11.6. The summed E-state index contributed by atoms with van der Waals surface area (Å²) in [6.07, 6.45) is 0. The second-order valence-corrected chi connectivity index (χ2v) is 3.85. The Balaban J connectivity index is 2.56. The molecule has 3 nitrogen and oxygen atoms in total. The number of halogens is 1. The van der Waals surface area contributed by atoms with Gasteiger partial charge in [-0.15, -0.1) is 0 Å². The maximum atomic E-state index is 11.6. The fraction of sp³-hybridized carbons (Fsp3) is 0.250. The molecule has 0 aliphatic carbocycles. The molecule has 2 rings (SSSR count). The molecule has 0 saturated heterocycles. The maximum Gasteiger partial charge on any atom is 0.374 e. The first kappa shape index (κ1) is 11.0. The Kier molecular flexibility index (Phi) is 2.88. The molecule has 2 aromatic rings. The number of ether oxygens (including phenoxy) is 1. The molecule has 16 heavy (non-hydrogen) atoms. The van der Waals surface area contributed by atoms with E-state index in [1.165, 1.54) is 0 Å². The van der Waals surface area contributed by atoms with Crippen LogP contribution < -0.4 is 0 Å². The Hall–Kier alpha value is -1.48. The van der Waals surface area contributed by atoms with Gasteiger partial charge in [0.1, 0.15) is 5.58 Å². The van der Waals surface area contributed by atoms with Crippen molar-refractivity contribution in [1.82, 2.24) is 0 Å². The van der Waals surface area contributed by atoms with Crippen LogP contribution in [-0.2, 0) is 4.74 Å².